The van der Waals surface area contributed by atoms with Crippen molar-refractivity contribution in [2.75, 3.05) is 19.0 Å². The SMILES string of the molecule is C=C(C)COc1cc2oc(=O)c(CC(=O)Nc3ccc(C(=O)OC)cc3)c(C)c2cc1Cl. The zero-order valence-electron chi connectivity index (χ0n) is 17.9. The van der Waals surface area contributed by atoms with Gasteiger partial charge in [-0.1, -0.05) is 18.2 Å². The maximum absolute atomic E-state index is 12.6. The highest BCUT2D eigenvalue weighted by Gasteiger charge is 2.17. The fourth-order valence-electron chi connectivity index (χ4n) is 3.08. The van der Waals surface area contributed by atoms with E-state index in [1.807, 2.05) is 6.92 Å². The van der Waals surface area contributed by atoms with E-state index in [0.717, 1.165) is 5.57 Å². The van der Waals surface area contributed by atoms with Crippen LogP contribution in [0.15, 0.2) is 57.8 Å². The van der Waals surface area contributed by atoms with Crippen molar-refractivity contribution >= 4 is 40.1 Å². The second kappa shape index (κ2) is 9.70. The fourth-order valence-corrected chi connectivity index (χ4v) is 3.30. The lowest BCUT2D eigenvalue weighted by molar-refractivity contribution is -0.115. The van der Waals surface area contributed by atoms with Crippen LogP contribution in [0.25, 0.3) is 11.0 Å². The molecule has 3 aromatic rings. The normalized spacial score (nSPS) is 10.6. The van der Waals surface area contributed by atoms with Crippen molar-refractivity contribution in [1.82, 2.24) is 0 Å². The van der Waals surface area contributed by atoms with Crippen LogP contribution in [-0.2, 0) is 16.0 Å². The number of anilines is 1. The number of benzene rings is 2. The van der Waals surface area contributed by atoms with Crippen molar-refractivity contribution in [3.05, 3.63) is 80.7 Å². The Kier molecular flexibility index (Phi) is 7.00. The Balaban J connectivity index is 1.83. The summed E-state index contributed by atoms with van der Waals surface area (Å²) in [6.45, 7) is 7.62. The molecule has 0 aliphatic carbocycles. The third-order valence-electron chi connectivity index (χ3n) is 4.74. The van der Waals surface area contributed by atoms with Crippen LogP contribution in [0.1, 0.15) is 28.4 Å². The summed E-state index contributed by atoms with van der Waals surface area (Å²) in [4.78, 5) is 36.6. The lowest BCUT2D eigenvalue weighted by Crippen LogP contribution is -2.20. The molecule has 0 fully saturated rings. The van der Waals surface area contributed by atoms with Crippen LogP contribution in [0.3, 0.4) is 0 Å². The largest absolute Gasteiger partial charge is 0.488 e. The summed E-state index contributed by atoms with van der Waals surface area (Å²) < 4.78 is 15.7. The van der Waals surface area contributed by atoms with Crippen LogP contribution in [0, 0.1) is 6.92 Å². The molecule has 1 aromatic heterocycles. The number of carbonyl (C=O) groups excluding carboxylic acids is 2. The molecule has 0 unspecified atom stereocenters. The van der Waals surface area contributed by atoms with Crippen LogP contribution in [-0.4, -0.2) is 25.6 Å². The molecule has 0 saturated heterocycles. The molecule has 0 aliphatic heterocycles. The van der Waals surface area contributed by atoms with Crippen molar-refractivity contribution in [1.29, 1.82) is 0 Å². The van der Waals surface area contributed by atoms with Gasteiger partial charge in [0.25, 0.3) is 0 Å². The minimum Gasteiger partial charge on any atom is -0.488 e. The smallest absolute Gasteiger partial charge is 0.340 e. The molecule has 0 bridgehead atoms. The minimum absolute atomic E-state index is 0.186. The Labute approximate surface area is 189 Å². The van der Waals surface area contributed by atoms with E-state index in [1.54, 1.807) is 31.2 Å². The molecule has 2 aromatic carbocycles. The number of amides is 1. The number of ether oxygens (including phenoxy) is 2. The van der Waals surface area contributed by atoms with Crippen molar-refractivity contribution in [3.8, 4) is 5.75 Å². The van der Waals surface area contributed by atoms with Gasteiger partial charge in [0.15, 0.2) is 0 Å². The first-order chi connectivity index (χ1) is 15.2. The zero-order chi connectivity index (χ0) is 23.4. The highest BCUT2D eigenvalue weighted by Crippen LogP contribution is 2.32. The first-order valence-corrected chi connectivity index (χ1v) is 10.1. The number of halogens is 1. The molecule has 0 saturated carbocycles. The number of hydrogen-bond acceptors (Lipinski definition) is 6. The summed E-state index contributed by atoms with van der Waals surface area (Å²) in [5.41, 5.74) is 2.19. The predicted octanol–water partition coefficient (Wildman–Crippen LogP) is 4.68. The molecule has 0 aliphatic rings. The predicted molar refractivity (Wildman–Crippen MR) is 123 cm³/mol. The van der Waals surface area contributed by atoms with Gasteiger partial charge < -0.3 is 19.2 Å². The van der Waals surface area contributed by atoms with Crippen LogP contribution in [0.5, 0.6) is 5.75 Å². The van der Waals surface area contributed by atoms with E-state index >= 15 is 0 Å². The highest BCUT2D eigenvalue weighted by atomic mass is 35.5. The molecule has 1 amide bonds. The molecule has 1 heterocycles. The van der Waals surface area contributed by atoms with Crippen LogP contribution < -0.4 is 15.7 Å². The Bertz CT molecular complexity index is 1260. The highest BCUT2D eigenvalue weighted by molar-refractivity contribution is 6.32. The number of fused-ring (bicyclic) bond motifs is 1. The summed E-state index contributed by atoms with van der Waals surface area (Å²) >= 11 is 6.32. The molecule has 166 valence electrons. The minimum atomic E-state index is -0.612. The van der Waals surface area contributed by atoms with Gasteiger partial charge in [0.05, 0.1) is 29.7 Å². The summed E-state index contributed by atoms with van der Waals surface area (Å²) in [5, 5.41) is 3.67. The van der Waals surface area contributed by atoms with Gasteiger partial charge in [-0.2, -0.15) is 0 Å². The van der Waals surface area contributed by atoms with Crippen LogP contribution in [0.4, 0.5) is 5.69 Å². The van der Waals surface area contributed by atoms with Gasteiger partial charge in [-0.25, -0.2) is 9.59 Å². The zero-order valence-corrected chi connectivity index (χ0v) is 18.7. The van der Waals surface area contributed by atoms with Gasteiger partial charge in [-0.3, -0.25) is 4.79 Å². The molecular formula is C24H22ClNO6. The molecule has 1 N–H and O–H groups in total. The van der Waals surface area contributed by atoms with Crippen molar-refractivity contribution < 1.29 is 23.5 Å². The van der Waals surface area contributed by atoms with Crippen LogP contribution in [0.2, 0.25) is 5.02 Å². The first kappa shape index (κ1) is 23.1. The van der Waals surface area contributed by atoms with Gasteiger partial charge in [-0.15, -0.1) is 0 Å². The van der Waals surface area contributed by atoms with Gasteiger partial charge in [-0.05, 0) is 55.3 Å². The number of aryl methyl sites for hydroxylation is 1. The number of esters is 1. The number of nitrogens with one attached hydrogen (secondary N) is 1. The fraction of sp³-hybridized carbons (Fsp3) is 0.208. The van der Waals surface area contributed by atoms with E-state index in [2.05, 4.69) is 16.6 Å². The molecule has 0 radical (unpaired) electrons. The third kappa shape index (κ3) is 5.18. The van der Waals surface area contributed by atoms with E-state index in [1.165, 1.54) is 19.2 Å². The molecule has 7 nitrogen and oxygen atoms in total. The Morgan fingerprint density at radius 2 is 1.88 bits per heavy atom. The van der Waals surface area contributed by atoms with Crippen molar-refractivity contribution in [2.45, 2.75) is 20.3 Å². The summed E-state index contributed by atoms with van der Waals surface area (Å²) in [6, 6.07) is 9.43. The van der Waals surface area contributed by atoms with Gasteiger partial charge in [0, 0.05) is 17.1 Å². The lowest BCUT2D eigenvalue weighted by Gasteiger charge is -2.12. The lowest BCUT2D eigenvalue weighted by atomic mass is 10.0. The molecule has 32 heavy (non-hydrogen) atoms. The number of methoxy groups -OCH3 is 1. The standard InChI is InChI=1S/C24H22ClNO6/c1-13(2)12-31-21-11-20-17(9-19(21)25)14(3)18(24(29)32-20)10-22(27)26-16-7-5-15(6-8-16)23(28)30-4/h5-9,11H,1,10,12H2,2-4H3,(H,26,27). The van der Waals surface area contributed by atoms with E-state index in [0.29, 0.717) is 38.6 Å². The Hall–Kier alpha value is -3.58. The van der Waals surface area contributed by atoms with E-state index in [9.17, 15) is 14.4 Å². The van der Waals surface area contributed by atoms with Gasteiger partial charge in [0.2, 0.25) is 5.91 Å². The average molecular weight is 456 g/mol. The first-order valence-electron chi connectivity index (χ1n) is 9.71. The monoisotopic (exact) mass is 455 g/mol. The number of rotatable bonds is 7. The topological polar surface area (TPSA) is 94.8 Å². The quantitative estimate of drug-likeness (QED) is 0.316. The molecule has 8 heteroatoms. The Morgan fingerprint density at radius 1 is 1.19 bits per heavy atom. The maximum Gasteiger partial charge on any atom is 0.340 e. The maximum atomic E-state index is 12.6. The van der Waals surface area contributed by atoms with Crippen molar-refractivity contribution in [3.63, 3.8) is 0 Å². The molecule has 0 spiro atoms. The summed E-state index contributed by atoms with van der Waals surface area (Å²) in [6.07, 6.45) is -0.186. The third-order valence-corrected chi connectivity index (χ3v) is 5.04. The number of hydrogen-bond donors (Lipinski definition) is 1. The van der Waals surface area contributed by atoms with Gasteiger partial charge in [0.1, 0.15) is 17.9 Å². The summed E-state index contributed by atoms with van der Waals surface area (Å²) in [7, 11) is 1.29. The van der Waals surface area contributed by atoms with E-state index < -0.39 is 17.5 Å². The average Bonchev–Trinajstić information content (AvgIpc) is 2.76. The van der Waals surface area contributed by atoms with E-state index in [4.69, 9.17) is 20.8 Å². The molecular weight excluding hydrogens is 434 g/mol. The van der Waals surface area contributed by atoms with Gasteiger partial charge >= 0.3 is 11.6 Å². The van der Waals surface area contributed by atoms with E-state index in [-0.39, 0.29) is 18.6 Å². The second-order valence-corrected chi connectivity index (χ2v) is 7.72. The Morgan fingerprint density at radius 3 is 2.50 bits per heavy atom. The van der Waals surface area contributed by atoms with Crippen molar-refractivity contribution in [2.24, 2.45) is 0 Å². The molecule has 0 atom stereocenters. The number of carbonyl (C=O) groups is 2. The second-order valence-electron chi connectivity index (χ2n) is 7.31. The van der Waals surface area contributed by atoms with Crippen LogP contribution >= 0.6 is 11.6 Å². The summed E-state index contributed by atoms with van der Waals surface area (Å²) in [5.74, 6) is -0.497. The molecule has 3 rings (SSSR count).